The molecule has 62 heavy (non-hydrogen) atoms. The van der Waals surface area contributed by atoms with Crippen molar-refractivity contribution in [1.29, 1.82) is 0 Å². The van der Waals surface area contributed by atoms with Gasteiger partial charge < -0.3 is 54.4 Å². The standard InChI is InChI=1S/C32H44N10O16P2S2/c1-5-14-21(24(50-3)29(54-14)41-9-7-18(43)39-32(41)46)57-60(48,62)53-11-16-22(25(51-4)30(56-16)42-13-37-19-26(34)35-12-36-27(19)42)58-59(47,61)52-10-15-20(44)23(49-2)28(55-15)40-8-6-17(33)38-31(40)45/h6-9,12-16,20-25,28-30,44H,5,10-11H2,1-4H3,(H,47,61)(H,48,62)(H2,33,38,45)(H2,34,35,36)(H,39,43,46)/t14-,15-,16-,20?,21?,22?,23+,24+,25+,28-,29-,30-,59?,60?/m1/s1. The van der Waals surface area contributed by atoms with Crippen molar-refractivity contribution in [1.82, 2.24) is 38.6 Å². The van der Waals surface area contributed by atoms with E-state index < -0.39 is 117 Å². The van der Waals surface area contributed by atoms with Crippen molar-refractivity contribution in [2.45, 2.75) is 87.0 Å². The number of aliphatic hydroxyl groups is 1. The molecule has 4 aromatic rings. The monoisotopic (exact) mass is 950 g/mol. The second-order valence-electron chi connectivity index (χ2n) is 14.0. The van der Waals surface area contributed by atoms with E-state index >= 15 is 0 Å². The van der Waals surface area contributed by atoms with Gasteiger partial charge in [-0.2, -0.15) is 4.98 Å². The van der Waals surface area contributed by atoms with Crippen LogP contribution in [0, 0.1) is 0 Å². The quantitative estimate of drug-likeness (QED) is 0.0566. The smallest absolute Gasteiger partial charge is 0.386 e. The summed E-state index contributed by atoms with van der Waals surface area (Å²) in [6, 6.07) is 2.50. The average Bonchev–Trinajstić information content (AvgIpc) is 3.98. The highest BCUT2D eigenvalue weighted by Crippen LogP contribution is 2.57. The Morgan fingerprint density at radius 2 is 1.45 bits per heavy atom. The molecule has 3 fully saturated rings. The van der Waals surface area contributed by atoms with Crippen LogP contribution in [-0.2, 0) is 62.9 Å². The maximum atomic E-state index is 14.0. The van der Waals surface area contributed by atoms with E-state index in [1.54, 1.807) is 6.92 Å². The second-order valence-corrected chi connectivity index (χ2v) is 19.7. The highest BCUT2D eigenvalue weighted by atomic mass is 32.7. The number of fused-ring (bicyclic) bond motifs is 1. The highest BCUT2D eigenvalue weighted by molar-refractivity contribution is 8.44. The number of thiol groups is 1. The first-order valence-corrected chi connectivity index (χ1v) is 23.9. The number of hydrogen-bond acceptors (Lipinski definition) is 22. The molecule has 0 aliphatic carbocycles. The van der Waals surface area contributed by atoms with Gasteiger partial charge >= 0.3 is 24.9 Å². The minimum atomic E-state index is -4.48. The number of H-pyrrole nitrogens is 1. The highest BCUT2D eigenvalue weighted by Gasteiger charge is 2.53. The van der Waals surface area contributed by atoms with Gasteiger partial charge in [-0.25, -0.2) is 29.1 Å². The van der Waals surface area contributed by atoms with Crippen LogP contribution >= 0.6 is 25.8 Å². The zero-order valence-corrected chi connectivity index (χ0v) is 36.7. The van der Waals surface area contributed by atoms with E-state index in [2.05, 4.69) is 37.2 Å². The largest absolute Gasteiger partial charge is 0.387 e. The van der Waals surface area contributed by atoms with Crippen LogP contribution in [0.3, 0.4) is 0 Å². The van der Waals surface area contributed by atoms with Crippen molar-refractivity contribution >= 4 is 60.4 Å². The summed E-state index contributed by atoms with van der Waals surface area (Å²) in [5.74, 6) is 0.0491. The number of rotatable bonds is 17. The van der Waals surface area contributed by atoms with E-state index in [0.717, 1.165) is 15.2 Å². The van der Waals surface area contributed by atoms with Gasteiger partial charge in [0.25, 0.3) is 5.56 Å². The third kappa shape index (κ3) is 9.46. The van der Waals surface area contributed by atoms with Gasteiger partial charge in [0.05, 0.1) is 25.6 Å². The minimum absolute atomic E-state index is 0.0295. The van der Waals surface area contributed by atoms with Crippen molar-refractivity contribution in [3.05, 3.63) is 68.5 Å². The van der Waals surface area contributed by atoms with Crippen LogP contribution in [0.1, 0.15) is 32.0 Å². The summed E-state index contributed by atoms with van der Waals surface area (Å²) in [5, 5.41) is 11.1. The first-order chi connectivity index (χ1) is 29.5. The number of nitrogen functional groups attached to an aromatic ring is 2. The number of imidazole rings is 1. The summed E-state index contributed by atoms with van der Waals surface area (Å²) in [6.07, 6.45) is -8.22. The molecule has 0 aromatic carbocycles. The number of ether oxygens (including phenoxy) is 6. The molecule has 0 saturated carbocycles. The number of aromatic nitrogens is 8. The Hall–Kier alpha value is -3.54. The number of hydrogen-bond donors (Lipinski definition) is 6. The SMILES string of the molecule is CC[C@H]1O[C@@H](n2ccc(=O)[nH]c2=O)[C@@H](OC)C1OP(O)(=S)OC[C@H]1O[C@@H](n2cnc3c(N)ncnc32)[C@@H](OC)C1OP(=O)(S)OC[C@H]1O[C@@H](n2ccc(N)nc2=O)[C@@H](OC)C1O. The first kappa shape index (κ1) is 46.5. The lowest BCUT2D eigenvalue weighted by molar-refractivity contribution is -0.0624. The lowest BCUT2D eigenvalue weighted by Crippen LogP contribution is -2.39. The predicted molar refractivity (Wildman–Crippen MR) is 219 cm³/mol. The molecule has 0 amide bonds. The number of methoxy groups -OCH3 is 3. The Balaban J connectivity index is 1.10. The zero-order chi connectivity index (χ0) is 44.7. The van der Waals surface area contributed by atoms with Crippen molar-refractivity contribution in [2.24, 2.45) is 0 Å². The minimum Gasteiger partial charge on any atom is -0.387 e. The van der Waals surface area contributed by atoms with Crippen LogP contribution in [0.15, 0.2) is 51.6 Å². The second kappa shape index (κ2) is 18.9. The van der Waals surface area contributed by atoms with E-state index in [4.69, 9.17) is 69.8 Å². The van der Waals surface area contributed by atoms with E-state index in [-0.39, 0.29) is 22.8 Å². The molecule has 0 spiro atoms. The molecule has 0 bridgehead atoms. The number of aromatic amines is 1. The van der Waals surface area contributed by atoms with Crippen molar-refractivity contribution < 1.29 is 61.1 Å². The summed E-state index contributed by atoms with van der Waals surface area (Å²) in [4.78, 5) is 66.8. The van der Waals surface area contributed by atoms with E-state index in [0.29, 0.717) is 6.42 Å². The van der Waals surface area contributed by atoms with Gasteiger partial charge in [0, 0.05) is 39.8 Å². The Labute approximate surface area is 360 Å². The summed E-state index contributed by atoms with van der Waals surface area (Å²) < 4.78 is 76.4. The molecule has 26 nitrogen and oxygen atoms in total. The maximum absolute atomic E-state index is 14.0. The Morgan fingerprint density at radius 1 is 0.839 bits per heavy atom. The van der Waals surface area contributed by atoms with Gasteiger partial charge in [0.2, 0.25) is 0 Å². The van der Waals surface area contributed by atoms with E-state index in [1.165, 1.54) is 57.0 Å². The Morgan fingerprint density at radius 3 is 2.11 bits per heavy atom. The molecule has 340 valence electrons. The fourth-order valence-electron chi connectivity index (χ4n) is 7.42. The molecule has 3 aliphatic heterocycles. The van der Waals surface area contributed by atoms with Gasteiger partial charge in [0.1, 0.15) is 66.5 Å². The summed E-state index contributed by atoms with van der Waals surface area (Å²) >= 11 is 9.67. The average molecular weight is 951 g/mol. The first-order valence-electron chi connectivity index (χ1n) is 18.6. The van der Waals surface area contributed by atoms with E-state index in [1.807, 2.05) is 0 Å². The summed E-state index contributed by atoms with van der Waals surface area (Å²) in [5.41, 5.74) is 9.98. The number of aliphatic hydroxyl groups excluding tert-OH is 1. The zero-order valence-electron chi connectivity index (χ0n) is 33.2. The van der Waals surface area contributed by atoms with Crippen LogP contribution in [0.4, 0.5) is 11.6 Å². The third-order valence-corrected chi connectivity index (χ3v) is 13.5. The van der Waals surface area contributed by atoms with Crippen LogP contribution < -0.4 is 28.4 Å². The van der Waals surface area contributed by atoms with Gasteiger partial charge in [-0.1, -0.05) is 19.2 Å². The molecule has 4 aromatic heterocycles. The van der Waals surface area contributed by atoms with Crippen molar-refractivity contribution in [3.8, 4) is 0 Å². The third-order valence-electron chi connectivity index (χ3n) is 10.3. The molecular formula is C32H44N10O16P2S2. The summed E-state index contributed by atoms with van der Waals surface area (Å²) in [7, 11) is 3.97. The molecule has 7 N–H and O–H groups in total. The van der Waals surface area contributed by atoms with Crippen molar-refractivity contribution in [3.63, 3.8) is 0 Å². The number of nitrogens with one attached hydrogen (secondary N) is 1. The van der Waals surface area contributed by atoms with Gasteiger partial charge in [-0.15, -0.1) is 0 Å². The topological polar surface area (TPSA) is 335 Å². The number of anilines is 2. The summed E-state index contributed by atoms with van der Waals surface area (Å²) in [6.45, 7) is -8.10. The predicted octanol–water partition coefficient (Wildman–Crippen LogP) is -0.636. The lowest BCUT2D eigenvalue weighted by atomic mass is 10.1. The van der Waals surface area contributed by atoms with E-state index in [9.17, 15) is 28.9 Å². The number of nitrogens with two attached hydrogens (primary N) is 2. The van der Waals surface area contributed by atoms with Crippen LogP contribution in [0.25, 0.3) is 11.2 Å². The molecule has 30 heteroatoms. The molecule has 0 radical (unpaired) electrons. The fourth-order valence-corrected chi connectivity index (χ4v) is 10.4. The Kier molecular flexibility index (Phi) is 14.2. The van der Waals surface area contributed by atoms with Crippen LogP contribution in [0.5, 0.6) is 0 Å². The molecule has 3 aliphatic rings. The number of nitrogens with zero attached hydrogens (tertiary/aromatic N) is 7. The molecule has 14 atom stereocenters. The lowest BCUT2D eigenvalue weighted by Gasteiger charge is -2.29. The van der Waals surface area contributed by atoms with Crippen LogP contribution in [0.2, 0.25) is 0 Å². The van der Waals surface area contributed by atoms with Gasteiger partial charge in [-0.3, -0.25) is 37.1 Å². The fraction of sp³-hybridized carbons (Fsp3) is 0.594. The normalized spacial score (nSPS) is 32.0. The van der Waals surface area contributed by atoms with Gasteiger partial charge in [-0.05, 0) is 24.3 Å². The van der Waals surface area contributed by atoms with Crippen molar-refractivity contribution in [2.75, 3.05) is 46.0 Å². The maximum Gasteiger partial charge on any atom is 0.386 e. The molecule has 5 unspecified atom stereocenters. The molecule has 3 saturated heterocycles. The Bertz CT molecular complexity index is 2510. The van der Waals surface area contributed by atoms with Gasteiger partial charge in [0.15, 0.2) is 30.1 Å². The van der Waals surface area contributed by atoms with Crippen LogP contribution in [-0.4, -0.2) is 138 Å². The molecular weight excluding hydrogens is 906 g/mol. The molecule has 7 heterocycles. The molecule has 7 rings (SSSR count).